The fourth-order valence-corrected chi connectivity index (χ4v) is 3.94. The molecule has 0 unspecified atom stereocenters. The van der Waals surface area contributed by atoms with Crippen LogP contribution in [0.5, 0.6) is 17.2 Å². The molecule has 10 nitrogen and oxygen atoms in total. The Balaban J connectivity index is 1.92. The molecule has 0 saturated heterocycles. The van der Waals surface area contributed by atoms with Gasteiger partial charge in [-0.3, -0.25) is 10.3 Å². The number of amides is 1. The maximum Gasteiger partial charge on any atom is 0.412 e. The molecule has 0 aliphatic rings. The molecule has 194 valence electrons. The van der Waals surface area contributed by atoms with Crippen molar-refractivity contribution in [1.29, 1.82) is 0 Å². The highest BCUT2D eigenvalue weighted by Crippen LogP contribution is 2.46. The van der Waals surface area contributed by atoms with Gasteiger partial charge in [0.15, 0.2) is 11.5 Å². The molecule has 2 N–H and O–H groups in total. The van der Waals surface area contributed by atoms with Crippen LogP contribution in [0.15, 0.2) is 45.7 Å². The lowest BCUT2D eigenvalue weighted by Gasteiger charge is -2.20. The van der Waals surface area contributed by atoms with Gasteiger partial charge in [-0.1, -0.05) is 12.1 Å². The average Bonchev–Trinajstić information content (AvgIpc) is 3.21. The molecule has 4 aromatic rings. The molecule has 37 heavy (non-hydrogen) atoms. The summed E-state index contributed by atoms with van der Waals surface area (Å²) >= 11 is 0. The zero-order chi connectivity index (χ0) is 26.9. The normalized spacial score (nSPS) is 11.3. The second-order valence-corrected chi connectivity index (χ2v) is 9.31. The number of rotatable bonds is 6. The Hall–Kier alpha value is -4.47. The number of aromatic nitrogens is 2. The summed E-state index contributed by atoms with van der Waals surface area (Å²) in [6.45, 7) is 7.25. The number of hydrogen-bond acceptors (Lipinski definition) is 8. The summed E-state index contributed by atoms with van der Waals surface area (Å²) in [4.78, 5) is 30.9. The van der Waals surface area contributed by atoms with E-state index in [1.165, 1.54) is 27.5 Å². The van der Waals surface area contributed by atoms with Crippen molar-refractivity contribution in [3.63, 3.8) is 0 Å². The molecule has 1 amide bonds. The molecule has 0 atom stereocenters. The summed E-state index contributed by atoms with van der Waals surface area (Å²) in [6, 6.07) is 9.07. The minimum Gasteiger partial charge on any atom is -0.493 e. The van der Waals surface area contributed by atoms with Crippen molar-refractivity contribution in [2.24, 2.45) is 0 Å². The number of nitrogens with one attached hydrogen (secondary N) is 2. The molecule has 2 aromatic carbocycles. The van der Waals surface area contributed by atoms with Gasteiger partial charge in [0, 0.05) is 23.0 Å². The van der Waals surface area contributed by atoms with Crippen molar-refractivity contribution in [3.8, 4) is 39.7 Å². The number of anilines is 1. The van der Waals surface area contributed by atoms with Crippen LogP contribution < -0.4 is 25.2 Å². The molecule has 0 aliphatic carbocycles. The van der Waals surface area contributed by atoms with E-state index in [1.807, 2.05) is 19.1 Å². The lowest BCUT2D eigenvalue weighted by atomic mass is 9.98. The Labute approximate surface area is 213 Å². The van der Waals surface area contributed by atoms with Crippen molar-refractivity contribution in [1.82, 2.24) is 9.97 Å². The van der Waals surface area contributed by atoms with Crippen LogP contribution in [0.4, 0.5) is 10.5 Å². The number of methoxy groups -OCH3 is 3. The molecule has 2 heterocycles. The van der Waals surface area contributed by atoms with E-state index in [0.717, 1.165) is 5.56 Å². The Morgan fingerprint density at radius 1 is 1.00 bits per heavy atom. The number of aromatic amines is 1. The zero-order valence-corrected chi connectivity index (χ0v) is 21.8. The number of aryl methyl sites for hydroxylation is 1. The van der Waals surface area contributed by atoms with Crippen molar-refractivity contribution < 1.29 is 28.2 Å². The number of benzene rings is 2. The Bertz CT molecular complexity index is 1500. The highest BCUT2D eigenvalue weighted by atomic mass is 16.6. The van der Waals surface area contributed by atoms with Gasteiger partial charge in [-0.05, 0) is 57.0 Å². The van der Waals surface area contributed by atoms with Crippen molar-refractivity contribution in [2.75, 3.05) is 26.6 Å². The van der Waals surface area contributed by atoms with Gasteiger partial charge < -0.3 is 23.4 Å². The maximum absolute atomic E-state index is 12.5. The first-order chi connectivity index (χ1) is 17.5. The van der Waals surface area contributed by atoms with Crippen LogP contribution >= 0.6 is 0 Å². The SMILES string of the molecule is COc1cc(-c2c(-c3ccc(C)c(NC(=O)OC(C)(C)C)c3)oc3[nH]c(=O)ncc23)cc(OC)c1OC. The minimum atomic E-state index is -0.646. The topological polar surface area (TPSA) is 125 Å². The Kier molecular flexibility index (Phi) is 6.84. The molecule has 10 heteroatoms. The predicted molar refractivity (Wildman–Crippen MR) is 140 cm³/mol. The molecule has 4 rings (SSSR count). The number of H-pyrrole nitrogens is 1. The fraction of sp³-hybridized carbons (Fsp3) is 0.296. The van der Waals surface area contributed by atoms with Crippen LogP contribution in [-0.4, -0.2) is 43.0 Å². The van der Waals surface area contributed by atoms with Crippen LogP contribution in [-0.2, 0) is 4.74 Å². The molecule has 0 saturated carbocycles. The van der Waals surface area contributed by atoms with E-state index in [9.17, 15) is 9.59 Å². The van der Waals surface area contributed by atoms with Gasteiger partial charge in [-0.2, -0.15) is 0 Å². The number of hydrogen-bond donors (Lipinski definition) is 2. The Morgan fingerprint density at radius 2 is 1.68 bits per heavy atom. The fourth-order valence-electron chi connectivity index (χ4n) is 3.94. The maximum atomic E-state index is 12.5. The number of fused-ring (bicyclic) bond motifs is 1. The smallest absolute Gasteiger partial charge is 0.412 e. The predicted octanol–water partition coefficient (Wildman–Crippen LogP) is 5.53. The summed E-state index contributed by atoms with van der Waals surface area (Å²) in [5.41, 5.74) is 2.42. The number of carbonyl (C=O) groups excluding carboxylic acids is 1. The number of ether oxygens (including phenoxy) is 4. The van der Waals surface area contributed by atoms with Gasteiger partial charge in [-0.15, -0.1) is 0 Å². The monoisotopic (exact) mass is 507 g/mol. The van der Waals surface area contributed by atoms with Crippen LogP contribution in [0.3, 0.4) is 0 Å². The first-order valence-corrected chi connectivity index (χ1v) is 11.5. The third kappa shape index (κ3) is 5.23. The van der Waals surface area contributed by atoms with Gasteiger partial charge in [0.05, 0.1) is 26.7 Å². The van der Waals surface area contributed by atoms with Crippen LogP contribution in [0.1, 0.15) is 26.3 Å². The molecule has 0 spiro atoms. The highest BCUT2D eigenvalue weighted by Gasteiger charge is 2.24. The summed E-state index contributed by atoms with van der Waals surface area (Å²) in [5.74, 6) is 1.78. The van der Waals surface area contributed by atoms with Crippen LogP contribution in [0.25, 0.3) is 33.6 Å². The number of carbonyl (C=O) groups is 1. The molecular formula is C27H29N3O7. The minimum absolute atomic E-state index is 0.251. The molecule has 0 radical (unpaired) electrons. The van der Waals surface area contributed by atoms with Crippen molar-refractivity contribution >= 4 is 22.9 Å². The average molecular weight is 508 g/mol. The summed E-state index contributed by atoms with van der Waals surface area (Å²) < 4.78 is 28.1. The standard InChI is InChI=1S/C27H29N3O7/c1-14-8-9-15(10-18(14)29-26(32)37-27(2,3)4)22-21(17-13-28-25(31)30-24(17)36-22)16-11-19(33-5)23(35-7)20(12-16)34-6/h8-13H,1-7H3,(H,29,32)(H,28,30,31). The molecule has 2 aromatic heterocycles. The van der Waals surface area contributed by atoms with E-state index in [4.69, 9.17) is 23.4 Å². The van der Waals surface area contributed by atoms with Crippen LogP contribution in [0.2, 0.25) is 0 Å². The Morgan fingerprint density at radius 3 is 2.27 bits per heavy atom. The molecular weight excluding hydrogens is 478 g/mol. The lowest BCUT2D eigenvalue weighted by molar-refractivity contribution is 0.0636. The third-order valence-electron chi connectivity index (χ3n) is 5.57. The van der Waals surface area contributed by atoms with E-state index in [2.05, 4.69) is 15.3 Å². The van der Waals surface area contributed by atoms with E-state index < -0.39 is 17.4 Å². The van der Waals surface area contributed by atoms with E-state index in [1.54, 1.807) is 39.0 Å². The van der Waals surface area contributed by atoms with Gasteiger partial charge in [0.1, 0.15) is 11.4 Å². The van der Waals surface area contributed by atoms with Gasteiger partial charge in [-0.25, -0.2) is 14.6 Å². The van der Waals surface area contributed by atoms with Gasteiger partial charge >= 0.3 is 11.8 Å². The first kappa shape index (κ1) is 25.6. The lowest BCUT2D eigenvalue weighted by Crippen LogP contribution is -2.27. The summed E-state index contributed by atoms with van der Waals surface area (Å²) in [7, 11) is 4.59. The molecule has 0 aliphatic heterocycles. The van der Waals surface area contributed by atoms with Crippen molar-refractivity contribution in [3.05, 3.63) is 52.6 Å². The van der Waals surface area contributed by atoms with Crippen LogP contribution in [0, 0.1) is 6.92 Å². The third-order valence-corrected chi connectivity index (χ3v) is 5.57. The zero-order valence-electron chi connectivity index (χ0n) is 21.8. The second kappa shape index (κ2) is 9.88. The first-order valence-electron chi connectivity index (χ1n) is 11.5. The van der Waals surface area contributed by atoms with Gasteiger partial charge in [0.2, 0.25) is 11.5 Å². The number of nitrogens with zero attached hydrogens (tertiary/aromatic N) is 1. The quantitative estimate of drug-likeness (QED) is 0.349. The van der Waals surface area contributed by atoms with E-state index in [0.29, 0.717) is 50.8 Å². The van der Waals surface area contributed by atoms with Gasteiger partial charge in [0.25, 0.3) is 0 Å². The van der Waals surface area contributed by atoms with E-state index in [-0.39, 0.29) is 5.71 Å². The largest absolute Gasteiger partial charge is 0.493 e. The summed E-state index contributed by atoms with van der Waals surface area (Å²) in [5, 5.41) is 3.38. The van der Waals surface area contributed by atoms with Crippen molar-refractivity contribution in [2.45, 2.75) is 33.3 Å². The highest BCUT2D eigenvalue weighted by molar-refractivity contribution is 6.01. The number of furan rings is 1. The molecule has 0 bridgehead atoms. The molecule has 0 fully saturated rings. The second-order valence-electron chi connectivity index (χ2n) is 9.31. The summed E-state index contributed by atoms with van der Waals surface area (Å²) in [6.07, 6.45) is 0.879. The van der Waals surface area contributed by atoms with E-state index >= 15 is 0 Å².